The maximum atomic E-state index is 12.1. The summed E-state index contributed by atoms with van der Waals surface area (Å²) in [5.41, 5.74) is 2.43. The third-order valence-corrected chi connectivity index (χ3v) is 3.58. The first-order chi connectivity index (χ1) is 9.44. The lowest BCUT2D eigenvalue weighted by Gasteiger charge is -2.05. The molecule has 0 aliphatic carbocycles. The lowest BCUT2D eigenvalue weighted by Crippen LogP contribution is -2.14. The van der Waals surface area contributed by atoms with Gasteiger partial charge in [0.25, 0.3) is 5.91 Å². The summed E-state index contributed by atoms with van der Waals surface area (Å²) in [7, 11) is 0. The third-order valence-electron chi connectivity index (χ3n) is 2.71. The van der Waals surface area contributed by atoms with Gasteiger partial charge in [-0.25, -0.2) is 9.97 Å². The molecule has 0 spiro atoms. The van der Waals surface area contributed by atoms with Crippen LogP contribution >= 0.6 is 11.3 Å². The van der Waals surface area contributed by atoms with Gasteiger partial charge in [0.15, 0.2) is 0 Å². The molecule has 0 saturated heterocycles. The van der Waals surface area contributed by atoms with Gasteiger partial charge in [0.05, 0.1) is 5.01 Å². The van der Waals surface area contributed by atoms with Crippen LogP contribution in [0.5, 0.6) is 0 Å². The average molecular weight is 289 g/mol. The van der Waals surface area contributed by atoms with Crippen LogP contribution in [0, 0.1) is 19.8 Å². The zero-order chi connectivity index (χ0) is 14.7. The number of hydrogen-bond acceptors (Lipinski definition) is 4. The fourth-order valence-electron chi connectivity index (χ4n) is 1.94. The van der Waals surface area contributed by atoms with Crippen LogP contribution in [0.15, 0.2) is 17.5 Å². The van der Waals surface area contributed by atoms with Crippen molar-refractivity contribution in [2.45, 2.75) is 34.1 Å². The van der Waals surface area contributed by atoms with Gasteiger partial charge in [-0.3, -0.25) is 4.79 Å². The molecule has 0 aromatic carbocycles. The number of nitrogens with zero attached hydrogens (tertiary/aromatic N) is 2. The van der Waals surface area contributed by atoms with Crippen molar-refractivity contribution in [2.75, 3.05) is 5.32 Å². The quantitative estimate of drug-likeness (QED) is 0.935. The summed E-state index contributed by atoms with van der Waals surface area (Å²) in [6.45, 7) is 8.17. The van der Waals surface area contributed by atoms with Gasteiger partial charge in [-0.15, -0.1) is 11.3 Å². The van der Waals surface area contributed by atoms with E-state index in [0.717, 1.165) is 22.7 Å². The molecule has 0 aliphatic rings. The van der Waals surface area contributed by atoms with Gasteiger partial charge >= 0.3 is 0 Å². The maximum absolute atomic E-state index is 12.1. The Morgan fingerprint density at radius 2 is 2.05 bits per heavy atom. The first-order valence-corrected chi connectivity index (χ1v) is 7.53. The number of hydrogen-bond donors (Lipinski definition) is 1. The van der Waals surface area contributed by atoms with Gasteiger partial charge < -0.3 is 5.32 Å². The SMILES string of the molecule is Cc1cc(C)nc(NC(=O)c2csc(CC(C)C)n2)c1. The highest BCUT2D eigenvalue weighted by atomic mass is 32.1. The van der Waals surface area contributed by atoms with Gasteiger partial charge in [-0.05, 0) is 37.5 Å². The van der Waals surface area contributed by atoms with E-state index in [4.69, 9.17) is 0 Å². The Balaban J connectivity index is 2.09. The Kier molecular flexibility index (Phi) is 4.49. The first kappa shape index (κ1) is 14.7. The highest BCUT2D eigenvalue weighted by molar-refractivity contribution is 7.09. The molecule has 20 heavy (non-hydrogen) atoms. The lowest BCUT2D eigenvalue weighted by molar-refractivity contribution is 0.102. The molecule has 0 unspecified atom stereocenters. The predicted octanol–water partition coefficient (Wildman–Crippen LogP) is 3.61. The number of aryl methyl sites for hydroxylation is 2. The van der Waals surface area contributed by atoms with Gasteiger partial charge in [0, 0.05) is 17.5 Å². The molecule has 0 aliphatic heterocycles. The van der Waals surface area contributed by atoms with Crippen LogP contribution in [0.4, 0.5) is 5.82 Å². The molecule has 0 bridgehead atoms. The number of rotatable bonds is 4. The number of pyridine rings is 1. The number of thiazole rings is 1. The normalized spacial score (nSPS) is 10.8. The number of aromatic nitrogens is 2. The summed E-state index contributed by atoms with van der Waals surface area (Å²) in [6.07, 6.45) is 0.903. The van der Waals surface area contributed by atoms with E-state index >= 15 is 0 Å². The largest absolute Gasteiger partial charge is 0.305 e. The van der Waals surface area contributed by atoms with Crippen molar-refractivity contribution in [3.05, 3.63) is 39.5 Å². The third kappa shape index (κ3) is 3.87. The van der Waals surface area contributed by atoms with Crippen molar-refractivity contribution in [1.29, 1.82) is 0 Å². The van der Waals surface area contributed by atoms with Crippen molar-refractivity contribution in [3.8, 4) is 0 Å². The van der Waals surface area contributed by atoms with Crippen molar-refractivity contribution >= 4 is 23.1 Å². The molecule has 0 radical (unpaired) electrons. The summed E-state index contributed by atoms with van der Waals surface area (Å²) < 4.78 is 0. The fourth-order valence-corrected chi connectivity index (χ4v) is 2.93. The summed E-state index contributed by atoms with van der Waals surface area (Å²) >= 11 is 1.53. The van der Waals surface area contributed by atoms with E-state index in [1.165, 1.54) is 11.3 Å². The smallest absolute Gasteiger partial charge is 0.276 e. The maximum Gasteiger partial charge on any atom is 0.276 e. The summed E-state index contributed by atoms with van der Waals surface area (Å²) in [5.74, 6) is 0.915. The molecule has 2 aromatic rings. The predicted molar refractivity (Wildman–Crippen MR) is 82.3 cm³/mol. The fraction of sp³-hybridized carbons (Fsp3) is 0.400. The zero-order valence-electron chi connectivity index (χ0n) is 12.2. The zero-order valence-corrected chi connectivity index (χ0v) is 13.0. The molecule has 0 fully saturated rings. The minimum atomic E-state index is -0.200. The average Bonchev–Trinajstić information content (AvgIpc) is 2.75. The summed E-state index contributed by atoms with van der Waals surface area (Å²) in [4.78, 5) is 20.8. The minimum Gasteiger partial charge on any atom is -0.305 e. The number of anilines is 1. The van der Waals surface area contributed by atoms with Crippen LogP contribution < -0.4 is 5.32 Å². The number of amides is 1. The van der Waals surface area contributed by atoms with E-state index < -0.39 is 0 Å². The van der Waals surface area contributed by atoms with Gasteiger partial charge in [0.1, 0.15) is 11.5 Å². The molecule has 4 nitrogen and oxygen atoms in total. The van der Waals surface area contributed by atoms with E-state index in [0.29, 0.717) is 17.4 Å². The Morgan fingerprint density at radius 3 is 2.70 bits per heavy atom. The van der Waals surface area contributed by atoms with Crippen molar-refractivity contribution in [2.24, 2.45) is 5.92 Å². The first-order valence-electron chi connectivity index (χ1n) is 6.65. The minimum absolute atomic E-state index is 0.200. The van der Waals surface area contributed by atoms with E-state index in [-0.39, 0.29) is 5.91 Å². The molecule has 2 aromatic heterocycles. The number of carbonyl (C=O) groups excluding carboxylic acids is 1. The highest BCUT2D eigenvalue weighted by Crippen LogP contribution is 2.16. The molecule has 5 heteroatoms. The van der Waals surface area contributed by atoms with Crippen LogP contribution in [0.2, 0.25) is 0 Å². The van der Waals surface area contributed by atoms with Crippen molar-refractivity contribution < 1.29 is 4.79 Å². The molecule has 106 valence electrons. The highest BCUT2D eigenvalue weighted by Gasteiger charge is 2.12. The topological polar surface area (TPSA) is 54.9 Å². The van der Waals surface area contributed by atoms with E-state index in [1.54, 1.807) is 5.38 Å². The molecule has 1 amide bonds. The Bertz CT molecular complexity index is 599. The standard InChI is InChI=1S/C15H19N3OS/c1-9(2)5-14-17-12(8-20-14)15(19)18-13-7-10(3)6-11(4)16-13/h6-9H,5H2,1-4H3,(H,16,18,19). The van der Waals surface area contributed by atoms with Gasteiger partial charge in [-0.2, -0.15) is 0 Å². The lowest BCUT2D eigenvalue weighted by atomic mass is 10.1. The molecular formula is C15H19N3OS. The van der Waals surface area contributed by atoms with Crippen LogP contribution in [0.3, 0.4) is 0 Å². The van der Waals surface area contributed by atoms with Crippen LogP contribution in [0.1, 0.15) is 40.6 Å². The molecule has 2 rings (SSSR count). The molecule has 0 atom stereocenters. The molecule has 2 heterocycles. The van der Waals surface area contributed by atoms with E-state index in [9.17, 15) is 4.79 Å². The summed E-state index contributed by atoms with van der Waals surface area (Å²) in [5, 5.41) is 5.60. The summed E-state index contributed by atoms with van der Waals surface area (Å²) in [6, 6.07) is 3.82. The Morgan fingerprint density at radius 1 is 1.30 bits per heavy atom. The second kappa shape index (κ2) is 6.13. The molecule has 1 N–H and O–H groups in total. The van der Waals surface area contributed by atoms with Crippen molar-refractivity contribution in [3.63, 3.8) is 0 Å². The van der Waals surface area contributed by atoms with Crippen LogP contribution in [-0.4, -0.2) is 15.9 Å². The second-order valence-electron chi connectivity index (χ2n) is 5.35. The van der Waals surface area contributed by atoms with Gasteiger partial charge in [-0.1, -0.05) is 13.8 Å². The van der Waals surface area contributed by atoms with Gasteiger partial charge in [0.2, 0.25) is 0 Å². The monoisotopic (exact) mass is 289 g/mol. The van der Waals surface area contributed by atoms with Crippen molar-refractivity contribution in [1.82, 2.24) is 9.97 Å². The van der Waals surface area contributed by atoms with E-state index in [1.807, 2.05) is 26.0 Å². The number of carbonyl (C=O) groups is 1. The van der Waals surface area contributed by atoms with E-state index in [2.05, 4.69) is 29.1 Å². The Hall–Kier alpha value is -1.75. The molecular weight excluding hydrogens is 270 g/mol. The van der Waals surface area contributed by atoms with Crippen LogP contribution in [-0.2, 0) is 6.42 Å². The molecule has 0 saturated carbocycles. The van der Waals surface area contributed by atoms with Crippen LogP contribution in [0.25, 0.3) is 0 Å². The number of nitrogens with one attached hydrogen (secondary N) is 1. The second-order valence-corrected chi connectivity index (χ2v) is 6.29. The Labute approximate surface area is 123 Å².